The van der Waals surface area contributed by atoms with Crippen molar-refractivity contribution in [1.29, 1.82) is 0 Å². The Hall–Kier alpha value is -0.540. The van der Waals surface area contributed by atoms with Crippen molar-refractivity contribution in [2.75, 3.05) is 7.11 Å². The molecule has 1 aromatic carbocycles. The summed E-state index contributed by atoms with van der Waals surface area (Å²) in [5.74, 6) is 0.561. The third-order valence-corrected chi connectivity index (χ3v) is 2.30. The molecule has 0 spiro atoms. The number of benzene rings is 1. The number of aryl methyl sites for hydroxylation is 1. The standard InChI is InChI=1S/C9H8BrClO2/c1-5-3-6(11)4-7(9(10)12)8(5)13-2/h3-4H,1-2H3. The third kappa shape index (κ3) is 2.23. The van der Waals surface area contributed by atoms with E-state index in [9.17, 15) is 4.79 Å². The number of halogens is 2. The van der Waals surface area contributed by atoms with Gasteiger partial charge in [-0.25, -0.2) is 0 Å². The van der Waals surface area contributed by atoms with Crippen molar-refractivity contribution in [2.24, 2.45) is 0 Å². The highest BCUT2D eigenvalue weighted by Gasteiger charge is 2.12. The molecule has 0 saturated heterocycles. The average Bonchev–Trinajstić information content (AvgIpc) is 2.02. The van der Waals surface area contributed by atoms with Crippen LogP contribution in [0.4, 0.5) is 0 Å². The summed E-state index contributed by atoms with van der Waals surface area (Å²) in [5.41, 5.74) is 1.30. The molecule has 0 amide bonds. The number of carbonyl (C=O) groups is 1. The van der Waals surface area contributed by atoms with Gasteiger partial charge in [-0.1, -0.05) is 11.6 Å². The SMILES string of the molecule is COc1c(C)cc(Cl)cc1C(=O)Br. The molecule has 0 bridgehead atoms. The molecule has 13 heavy (non-hydrogen) atoms. The van der Waals surface area contributed by atoms with Crippen molar-refractivity contribution in [2.45, 2.75) is 6.92 Å². The van der Waals surface area contributed by atoms with E-state index in [0.29, 0.717) is 16.3 Å². The molecule has 4 heteroatoms. The van der Waals surface area contributed by atoms with E-state index in [-0.39, 0.29) is 4.69 Å². The Morgan fingerprint density at radius 2 is 2.15 bits per heavy atom. The molecule has 0 fully saturated rings. The summed E-state index contributed by atoms with van der Waals surface area (Å²) in [7, 11) is 1.52. The number of ether oxygens (including phenoxy) is 1. The number of rotatable bonds is 2. The zero-order valence-corrected chi connectivity index (χ0v) is 9.57. The summed E-state index contributed by atoms with van der Waals surface area (Å²) in [6, 6.07) is 3.32. The molecule has 0 unspecified atom stereocenters. The van der Waals surface area contributed by atoms with Gasteiger partial charge in [0.15, 0.2) is 0 Å². The van der Waals surface area contributed by atoms with E-state index < -0.39 is 0 Å². The first-order chi connectivity index (χ1) is 6.06. The van der Waals surface area contributed by atoms with Crippen molar-refractivity contribution in [3.8, 4) is 5.75 Å². The van der Waals surface area contributed by atoms with Crippen molar-refractivity contribution >= 4 is 32.2 Å². The van der Waals surface area contributed by atoms with Crippen LogP contribution in [-0.2, 0) is 0 Å². The van der Waals surface area contributed by atoms with Crippen LogP contribution >= 0.6 is 27.5 Å². The molecule has 0 aromatic heterocycles. The second-order valence-corrected chi connectivity index (χ2v) is 3.73. The maximum Gasteiger partial charge on any atom is 0.231 e. The largest absolute Gasteiger partial charge is 0.496 e. The van der Waals surface area contributed by atoms with Gasteiger partial charge in [0.25, 0.3) is 0 Å². The van der Waals surface area contributed by atoms with Crippen LogP contribution in [-0.4, -0.2) is 11.8 Å². The number of carbonyl (C=O) groups excluding carboxylic acids is 1. The van der Waals surface area contributed by atoms with Gasteiger partial charge in [-0.15, -0.1) is 0 Å². The lowest BCUT2D eigenvalue weighted by atomic mass is 10.1. The molecule has 0 heterocycles. The lowest BCUT2D eigenvalue weighted by molar-refractivity contribution is 0.109. The quantitative estimate of drug-likeness (QED) is 0.766. The molecule has 0 aliphatic rings. The molecular formula is C9H8BrClO2. The Labute approximate surface area is 90.0 Å². The molecule has 1 rings (SSSR count). The van der Waals surface area contributed by atoms with Gasteiger partial charge in [-0.2, -0.15) is 0 Å². The molecule has 70 valence electrons. The molecular weight excluding hydrogens is 255 g/mol. The Morgan fingerprint density at radius 3 is 2.62 bits per heavy atom. The van der Waals surface area contributed by atoms with E-state index in [4.69, 9.17) is 16.3 Å². The molecule has 0 aliphatic heterocycles. The fourth-order valence-corrected chi connectivity index (χ4v) is 1.71. The fourth-order valence-electron chi connectivity index (χ4n) is 1.15. The average molecular weight is 264 g/mol. The van der Waals surface area contributed by atoms with Gasteiger partial charge in [0, 0.05) is 5.02 Å². The topological polar surface area (TPSA) is 26.3 Å². The highest BCUT2D eigenvalue weighted by molar-refractivity contribution is 9.18. The second kappa shape index (κ2) is 4.11. The molecule has 2 nitrogen and oxygen atoms in total. The normalized spacial score (nSPS) is 9.85. The zero-order valence-electron chi connectivity index (χ0n) is 7.23. The smallest absolute Gasteiger partial charge is 0.231 e. The molecule has 1 aromatic rings. The zero-order chi connectivity index (χ0) is 10.0. The Balaban J connectivity index is 3.38. The third-order valence-electron chi connectivity index (χ3n) is 1.66. The van der Waals surface area contributed by atoms with Gasteiger partial charge < -0.3 is 4.74 Å². The maximum atomic E-state index is 11.1. The minimum Gasteiger partial charge on any atom is -0.496 e. The van der Waals surface area contributed by atoms with Crippen LogP contribution in [0.1, 0.15) is 15.9 Å². The first-order valence-electron chi connectivity index (χ1n) is 3.60. The minimum absolute atomic E-state index is 0.227. The van der Waals surface area contributed by atoms with E-state index in [1.165, 1.54) is 7.11 Å². The Morgan fingerprint density at radius 1 is 1.54 bits per heavy atom. The lowest BCUT2D eigenvalue weighted by Crippen LogP contribution is -1.97. The predicted molar refractivity (Wildman–Crippen MR) is 56.0 cm³/mol. The lowest BCUT2D eigenvalue weighted by Gasteiger charge is -2.08. The van der Waals surface area contributed by atoms with Gasteiger partial charge in [0.1, 0.15) is 5.75 Å². The molecule has 0 radical (unpaired) electrons. The van der Waals surface area contributed by atoms with Crippen molar-refractivity contribution in [1.82, 2.24) is 0 Å². The first kappa shape index (κ1) is 10.5. The summed E-state index contributed by atoms with van der Waals surface area (Å²) in [6.07, 6.45) is 0. The predicted octanol–water partition coefficient (Wildman–Crippen LogP) is 3.19. The highest BCUT2D eigenvalue weighted by Crippen LogP contribution is 2.28. The molecule has 0 N–H and O–H groups in total. The minimum atomic E-state index is -0.227. The Bertz CT molecular complexity index is 350. The van der Waals surface area contributed by atoms with Crippen molar-refractivity contribution < 1.29 is 9.53 Å². The highest BCUT2D eigenvalue weighted by atomic mass is 79.9. The summed E-state index contributed by atoms with van der Waals surface area (Å²) in [5, 5.41) is 0.529. The maximum absolute atomic E-state index is 11.1. The van der Waals surface area contributed by atoms with Crippen LogP contribution in [0.3, 0.4) is 0 Å². The second-order valence-electron chi connectivity index (χ2n) is 2.58. The van der Waals surface area contributed by atoms with Gasteiger partial charge in [0.2, 0.25) is 4.69 Å². The van der Waals surface area contributed by atoms with Crippen LogP contribution in [0.5, 0.6) is 5.75 Å². The van der Waals surface area contributed by atoms with Crippen molar-refractivity contribution in [3.05, 3.63) is 28.3 Å². The van der Waals surface area contributed by atoms with E-state index >= 15 is 0 Å². The van der Waals surface area contributed by atoms with Crippen LogP contribution < -0.4 is 4.74 Å². The first-order valence-corrected chi connectivity index (χ1v) is 4.77. The van der Waals surface area contributed by atoms with Gasteiger partial charge in [0.05, 0.1) is 12.7 Å². The molecule has 0 saturated carbocycles. The number of hydrogen-bond donors (Lipinski definition) is 0. The van der Waals surface area contributed by atoms with Crippen LogP contribution in [0, 0.1) is 6.92 Å². The molecule has 0 atom stereocenters. The monoisotopic (exact) mass is 262 g/mol. The fraction of sp³-hybridized carbons (Fsp3) is 0.222. The van der Waals surface area contributed by atoms with Crippen LogP contribution in [0.15, 0.2) is 12.1 Å². The van der Waals surface area contributed by atoms with Crippen LogP contribution in [0.25, 0.3) is 0 Å². The Kier molecular flexibility index (Phi) is 3.33. The summed E-state index contributed by atoms with van der Waals surface area (Å²) >= 11 is 8.66. The van der Waals surface area contributed by atoms with E-state index in [1.807, 2.05) is 6.92 Å². The number of hydrogen-bond acceptors (Lipinski definition) is 2. The van der Waals surface area contributed by atoms with Crippen molar-refractivity contribution in [3.63, 3.8) is 0 Å². The summed E-state index contributed by atoms with van der Waals surface area (Å²) in [6.45, 7) is 1.84. The van der Waals surface area contributed by atoms with Gasteiger partial charge in [-0.3, -0.25) is 4.79 Å². The van der Waals surface area contributed by atoms with E-state index in [0.717, 1.165) is 5.56 Å². The van der Waals surface area contributed by atoms with E-state index in [1.54, 1.807) is 12.1 Å². The van der Waals surface area contributed by atoms with Gasteiger partial charge in [-0.05, 0) is 40.5 Å². The van der Waals surface area contributed by atoms with Crippen LogP contribution in [0.2, 0.25) is 5.02 Å². The number of methoxy groups -OCH3 is 1. The molecule has 0 aliphatic carbocycles. The van der Waals surface area contributed by atoms with Gasteiger partial charge >= 0.3 is 0 Å². The summed E-state index contributed by atoms with van der Waals surface area (Å²) < 4.78 is 4.86. The summed E-state index contributed by atoms with van der Waals surface area (Å²) in [4.78, 5) is 11.1. The van der Waals surface area contributed by atoms with E-state index in [2.05, 4.69) is 15.9 Å².